The van der Waals surface area contributed by atoms with Crippen LogP contribution in [0.25, 0.3) is 0 Å². The van der Waals surface area contributed by atoms with E-state index < -0.39 is 0 Å². The molecule has 0 amide bonds. The maximum atomic E-state index is 8.89. The van der Waals surface area contributed by atoms with E-state index >= 15 is 0 Å². The first-order valence-electron chi connectivity index (χ1n) is 9.16. The van der Waals surface area contributed by atoms with Crippen LogP contribution in [-0.2, 0) is 0 Å². The van der Waals surface area contributed by atoms with Gasteiger partial charge in [-0.2, -0.15) is 5.26 Å². The molecule has 0 aliphatic carbocycles. The van der Waals surface area contributed by atoms with Crippen molar-refractivity contribution < 1.29 is 4.74 Å². The Morgan fingerprint density at radius 1 is 0.920 bits per heavy atom. The lowest BCUT2D eigenvalue weighted by atomic mass is 10.1. The molecule has 0 unspecified atom stereocenters. The Labute approximate surface area is 151 Å². The van der Waals surface area contributed by atoms with E-state index in [1.165, 1.54) is 24.1 Å². The fourth-order valence-corrected chi connectivity index (χ4v) is 2.84. The van der Waals surface area contributed by atoms with E-state index in [2.05, 4.69) is 42.2 Å². The van der Waals surface area contributed by atoms with Crippen LogP contribution >= 0.6 is 0 Å². The molecule has 0 atom stereocenters. The standard InChI is InChI=1S/C22H28N2O/c1-20-11-9-12-21(19-20)24(17-10-15-23)16-7-2-3-8-18-25-22-13-5-4-6-14-22/h4-6,9,11-14,19H,2-3,7-8,10,16-18H2,1H3. The molecule has 0 N–H and O–H groups in total. The predicted octanol–water partition coefficient (Wildman–Crippen LogP) is 5.35. The molecule has 0 radical (unpaired) electrons. The molecule has 132 valence electrons. The first-order valence-corrected chi connectivity index (χ1v) is 9.16. The minimum Gasteiger partial charge on any atom is -0.494 e. The van der Waals surface area contributed by atoms with E-state index in [0.717, 1.165) is 38.3 Å². The van der Waals surface area contributed by atoms with Crippen LogP contribution in [0.2, 0.25) is 0 Å². The van der Waals surface area contributed by atoms with E-state index in [-0.39, 0.29) is 0 Å². The molecule has 0 saturated carbocycles. The molecule has 0 aliphatic heterocycles. The average Bonchev–Trinajstić information content (AvgIpc) is 2.64. The number of ether oxygens (including phenoxy) is 1. The molecule has 3 nitrogen and oxygen atoms in total. The van der Waals surface area contributed by atoms with Crippen LogP contribution in [0.5, 0.6) is 5.75 Å². The van der Waals surface area contributed by atoms with Gasteiger partial charge in [0.05, 0.1) is 19.1 Å². The van der Waals surface area contributed by atoms with Crippen molar-refractivity contribution in [2.24, 2.45) is 0 Å². The molecule has 0 heterocycles. The number of hydrogen-bond donors (Lipinski definition) is 0. The summed E-state index contributed by atoms with van der Waals surface area (Å²) >= 11 is 0. The smallest absolute Gasteiger partial charge is 0.119 e. The molecule has 2 aromatic rings. The van der Waals surface area contributed by atoms with Crippen molar-refractivity contribution in [3.63, 3.8) is 0 Å². The Kier molecular flexibility index (Phi) is 8.41. The van der Waals surface area contributed by atoms with Crippen molar-refractivity contribution in [1.29, 1.82) is 5.26 Å². The number of nitrogens with zero attached hydrogens (tertiary/aromatic N) is 2. The quantitative estimate of drug-likeness (QED) is 0.519. The Morgan fingerprint density at radius 2 is 1.72 bits per heavy atom. The molecule has 2 rings (SSSR count). The van der Waals surface area contributed by atoms with E-state index in [1.807, 2.05) is 30.3 Å². The van der Waals surface area contributed by atoms with Gasteiger partial charge in [-0.05, 0) is 49.6 Å². The van der Waals surface area contributed by atoms with Crippen molar-refractivity contribution in [3.05, 3.63) is 60.2 Å². The zero-order valence-corrected chi connectivity index (χ0v) is 15.2. The Bertz CT molecular complexity index is 649. The van der Waals surface area contributed by atoms with E-state index in [1.54, 1.807) is 0 Å². The number of para-hydroxylation sites is 1. The van der Waals surface area contributed by atoms with Crippen LogP contribution in [0.3, 0.4) is 0 Å². The normalized spacial score (nSPS) is 10.2. The summed E-state index contributed by atoms with van der Waals surface area (Å²) in [4.78, 5) is 2.33. The van der Waals surface area contributed by atoms with Crippen LogP contribution in [0.4, 0.5) is 5.69 Å². The zero-order valence-electron chi connectivity index (χ0n) is 15.2. The second-order valence-corrected chi connectivity index (χ2v) is 6.31. The third-order valence-corrected chi connectivity index (χ3v) is 4.19. The molecule has 2 aromatic carbocycles. The molecular formula is C22H28N2O. The summed E-state index contributed by atoms with van der Waals surface area (Å²) in [5.74, 6) is 0.949. The van der Waals surface area contributed by atoms with Crippen LogP contribution in [0, 0.1) is 18.3 Å². The van der Waals surface area contributed by atoms with Gasteiger partial charge in [0.15, 0.2) is 0 Å². The second kappa shape index (κ2) is 11.1. The van der Waals surface area contributed by atoms with Crippen molar-refractivity contribution in [1.82, 2.24) is 0 Å². The SMILES string of the molecule is Cc1cccc(N(CCC#N)CCCCCCOc2ccccc2)c1. The van der Waals surface area contributed by atoms with Crippen molar-refractivity contribution in [3.8, 4) is 11.8 Å². The van der Waals surface area contributed by atoms with Gasteiger partial charge in [-0.15, -0.1) is 0 Å². The highest BCUT2D eigenvalue weighted by Gasteiger charge is 2.06. The highest BCUT2D eigenvalue weighted by Crippen LogP contribution is 2.17. The summed E-state index contributed by atoms with van der Waals surface area (Å²) < 4.78 is 5.72. The van der Waals surface area contributed by atoms with Gasteiger partial charge in [0, 0.05) is 18.8 Å². The van der Waals surface area contributed by atoms with Gasteiger partial charge in [-0.25, -0.2) is 0 Å². The first-order chi connectivity index (χ1) is 12.3. The van der Waals surface area contributed by atoms with Crippen molar-refractivity contribution in [2.75, 3.05) is 24.6 Å². The maximum absolute atomic E-state index is 8.89. The first kappa shape index (κ1) is 18.9. The molecular weight excluding hydrogens is 308 g/mol. The molecule has 25 heavy (non-hydrogen) atoms. The molecule has 0 bridgehead atoms. The van der Waals surface area contributed by atoms with Gasteiger partial charge in [0.1, 0.15) is 5.75 Å². The highest BCUT2D eigenvalue weighted by atomic mass is 16.5. The van der Waals surface area contributed by atoms with Crippen LogP contribution in [0.15, 0.2) is 54.6 Å². The minimum absolute atomic E-state index is 0.568. The number of benzene rings is 2. The Balaban J connectivity index is 1.66. The fourth-order valence-electron chi connectivity index (χ4n) is 2.84. The van der Waals surface area contributed by atoms with E-state index in [4.69, 9.17) is 10.00 Å². The number of hydrogen-bond acceptors (Lipinski definition) is 3. The van der Waals surface area contributed by atoms with Crippen molar-refractivity contribution in [2.45, 2.75) is 39.0 Å². The Morgan fingerprint density at radius 3 is 2.48 bits per heavy atom. The Hall–Kier alpha value is -2.47. The van der Waals surface area contributed by atoms with Gasteiger partial charge in [-0.3, -0.25) is 0 Å². The average molecular weight is 336 g/mol. The molecule has 0 fully saturated rings. The van der Waals surface area contributed by atoms with Crippen LogP contribution in [-0.4, -0.2) is 19.7 Å². The third-order valence-electron chi connectivity index (χ3n) is 4.19. The molecule has 3 heteroatoms. The summed E-state index contributed by atoms with van der Waals surface area (Å²) in [6, 6.07) is 20.8. The lowest BCUT2D eigenvalue weighted by molar-refractivity contribution is 0.305. The second-order valence-electron chi connectivity index (χ2n) is 6.31. The number of rotatable bonds is 11. The molecule has 0 saturated heterocycles. The summed E-state index contributed by atoms with van der Waals surface area (Å²) in [5, 5.41) is 8.89. The van der Waals surface area contributed by atoms with E-state index in [0.29, 0.717) is 6.42 Å². The van der Waals surface area contributed by atoms with Crippen LogP contribution in [0.1, 0.15) is 37.7 Å². The van der Waals surface area contributed by atoms with E-state index in [9.17, 15) is 0 Å². The molecule has 0 aromatic heterocycles. The van der Waals surface area contributed by atoms with Gasteiger partial charge in [0.2, 0.25) is 0 Å². The zero-order chi connectivity index (χ0) is 17.7. The largest absolute Gasteiger partial charge is 0.494 e. The highest BCUT2D eigenvalue weighted by molar-refractivity contribution is 5.48. The predicted molar refractivity (Wildman–Crippen MR) is 104 cm³/mol. The molecule has 0 spiro atoms. The lowest BCUT2D eigenvalue weighted by Crippen LogP contribution is -2.25. The van der Waals surface area contributed by atoms with Crippen molar-refractivity contribution >= 4 is 5.69 Å². The van der Waals surface area contributed by atoms with Gasteiger partial charge in [0.25, 0.3) is 0 Å². The summed E-state index contributed by atoms with van der Waals surface area (Å²) in [6.07, 6.45) is 5.15. The fraction of sp³-hybridized carbons (Fsp3) is 0.409. The number of unbranched alkanes of at least 4 members (excludes halogenated alkanes) is 3. The number of nitriles is 1. The topological polar surface area (TPSA) is 36.3 Å². The monoisotopic (exact) mass is 336 g/mol. The maximum Gasteiger partial charge on any atom is 0.119 e. The summed E-state index contributed by atoms with van der Waals surface area (Å²) in [7, 11) is 0. The van der Waals surface area contributed by atoms with Gasteiger partial charge < -0.3 is 9.64 Å². The summed E-state index contributed by atoms with van der Waals surface area (Å²) in [6.45, 7) is 4.69. The lowest BCUT2D eigenvalue weighted by Gasteiger charge is -2.24. The van der Waals surface area contributed by atoms with Crippen LogP contribution < -0.4 is 9.64 Å². The van der Waals surface area contributed by atoms with Gasteiger partial charge >= 0.3 is 0 Å². The number of aryl methyl sites for hydroxylation is 1. The minimum atomic E-state index is 0.568. The summed E-state index contributed by atoms with van der Waals surface area (Å²) in [5.41, 5.74) is 2.49. The third kappa shape index (κ3) is 7.30. The van der Waals surface area contributed by atoms with Gasteiger partial charge in [-0.1, -0.05) is 43.2 Å². The number of anilines is 1. The molecule has 0 aliphatic rings.